The SMILES string of the molecule is CCCCCCOS[C]=O. The zero-order valence-electron chi connectivity index (χ0n) is 6.26. The molecule has 10 heavy (non-hydrogen) atoms. The van der Waals surface area contributed by atoms with Gasteiger partial charge in [-0.1, -0.05) is 26.2 Å². The Balaban J connectivity index is 2.70. The van der Waals surface area contributed by atoms with Gasteiger partial charge in [0.25, 0.3) is 5.62 Å². The molecule has 0 aliphatic carbocycles. The smallest absolute Gasteiger partial charge is 0.295 e. The van der Waals surface area contributed by atoms with Crippen molar-refractivity contribution in [1.29, 1.82) is 0 Å². The average molecular weight is 161 g/mol. The van der Waals surface area contributed by atoms with Crippen LogP contribution in [-0.4, -0.2) is 12.2 Å². The fourth-order valence-corrected chi connectivity index (χ4v) is 0.903. The van der Waals surface area contributed by atoms with Crippen LogP contribution in [0.25, 0.3) is 0 Å². The zero-order valence-corrected chi connectivity index (χ0v) is 7.08. The molecule has 59 valence electrons. The number of rotatable bonds is 7. The van der Waals surface area contributed by atoms with Crippen LogP contribution in [0.4, 0.5) is 0 Å². The largest absolute Gasteiger partial charge is 0.308 e. The molecule has 0 fully saturated rings. The Bertz CT molecular complexity index is 76.0. The average Bonchev–Trinajstić information content (AvgIpc) is 1.97. The Morgan fingerprint density at radius 1 is 1.40 bits per heavy atom. The molecule has 2 nitrogen and oxygen atoms in total. The van der Waals surface area contributed by atoms with Crippen LogP contribution in [0.5, 0.6) is 0 Å². The van der Waals surface area contributed by atoms with Gasteiger partial charge in [-0.2, -0.15) is 0 Å². The first kappa shape index (κ1) is 9.98. The molecule has 0 rings (SSSR count). The topological polar surface area (TPSA) is 26.3 Å². The van der Waals surface area contributed by atoms with E-state index in [1.807, 2.05) is 0 Å². The molecule has 0 unspecified atom stereocenters. The van der Waals surface area contributed by atoms with Crippen LogP contribution in [-0.2, 0) is 8.98 Å². The van der Waals surface area contributed by atoms with Crippen molar-refractivity contribution in [2.24, 2.45) is 0 Å². The summed E-state index contributed by atoms with van der Waals surface area (Å²) in [5.41, 5.74) is 1.60. The summed E-state index contributed by atoms with van der Waals surface area (Å²) in [6, 6.07) is 0. The van der Waals surface area contributed by atoms with Gasteiger partial charge < -0.3 is 4.18 Å². The highest BCUT2D eigenvalue weighted by atomic mass is 32.2. The Kier molecular flexibility index (Phi) is 8.96. The van der Waals surface area contributed by atoms with Gasteiger partial charge in [-0.3, -0.25) is 4.79 Å². The fourth-order valence-electron chi connectivity index (χ4n) is 0.653. The summed E-state index contributed by atoms with van der Waals surface area (Å²) in [5, 5.41) is 0. The van der Waals surface area contributed by atoms with Crippen LogP contribution in [0.1, 0.15) is 32.6 Å². The van der Waals surface area contributed by atoms with E-state index >= 15 is 0 Å². The molecule has 0 aliphatic heterocycles. The lowest BCUT2D eigenvalue weighted by Crippen LogP contribution is -1.86. The van der Waals surface area contributed by atoms with E-state index in [0.29, 0.717) is 6.61 Å². The fraction of sp³-hybridized carbons (Fsp3) is 0.857. The second-order valence-corrected chi connectivity index (χ2v) is 2.62. The van der Waals surface area contributed by atoms with Gasteiger partial charge in [0.05, 0.1) is 18.6 Å². The second-order valence-electron chi connectivity index (χ2n) is 2.05. The first-order valence-electron chi connectivity index (χ1n) is 3.57. The Hall–Kier alpha value is -0.0200. The summed E-state index contributed by atoms with van der Waals surface area (Å²) in [7, 11) is 0. The Morgan fingerprint density at radius 2 is 2.20 bits per heavy atom. The van der Waals surface area contributed by atoms with Crippen LogP contribution in [0, 0.1) is 0 Å². The summed E-state index contributed by atoms with van der Waals surface area (Å²) < 4.78 is 4.82. The van der Waals surface area contributed by atoms with E-state index < -0.39 is 0 Å². The van der Waals surface area contributed by atoms with E-state index in [-0.39, 0.29) is 0 Å². The highest BCUT2D eigenvalue weighted by Gasteiger charge is 1.88. The molecule has 0 N–H and O–H groups in total. The van der Waals surface area contributed by atoms with Crippen molar-refractivity contribution >= 4 is 17.7 Å². The second kappa shape index (κ2) is 8.98. The predicted molar refractivity (Wildman–Crippen MR) is 43.4 cm³/mol. The normalized spacial score (nSPS) is 9.70. The van der Waals surface area contributed by atoms with Gasteiger partial charge in [-0.05, 0) is 6.42 Å². The molecule has 3 heteroatoms. The third-order valence-electron chi connectivity index (χ3n) is 1.17. The molecule has 0 atom stereocenters. The molecule has 0 aromatic heterocycles. The van der Waals surface area contributed by atoms with E-state index in [0.717, 1.165) is 18.5 Å². The van der Waals surface area contributed by atoms with Crippen LogP contribution in [0.15, 0.2) is 0 Å². The van der Waals surface area contributed by atoms with E-state index in [4.69, 9.17) is 4.18 Å². The Labute approximate surface area is 66.5 Å². The summed E-state index contributed by atoms with van der Waals surface area (Å²) in [6.07, 6.45) is 4.71. The van der Waals surface area contributed by atoms with E-state index in [9.17, 15) is 4.79 Å². The Morgan fingerprint density at radius 3 is 2.80 bits per heavy atom. The minimum absolute atomic E-state index is 0.667. The van der Waals surface area contributed by atoms with Gasteiger partial charge in [0.15, 0.2) is 0 Å². The lowest BCUT2D eigenvalue weighted by molar-refractivity contribution is 0.359. The first-order valence-corrected chi connectivity index (χ1v) is 4.31. The van der Waals surface area contributed by atoms with Gasteiger partial charge in [-0.15, -0.1) is 0 Å². The van der Waals surface area contributed by atoms with Gasteiger partial charge in [0, 0.05) is 0 Å². The van der Waals surface area contributed by atoms with Crippen LogP contribution in [0.2, 0.25) is 0 Å². The van der Waals surface area contributed by atoms with Crippen molar-refractivity contribution in [3.8, 4) is 0 Å². The highest BCUT2D eigenvalue weighted by Crippen LogP contribution is 2.02. The third kappa shape index (κ3) is 7.98. The van der Waals surface area contributed by atoms with Crippen molar-refractivity contribution in [1.82, 2.24) is 0 Å². The third-order valence-corrected chi connectivity index (χ3v) is 1.53. The lowest BCUT2D eigenvalue weighted by atomic mass is 10.2. The van der Waals surface area contributed by atoms with Gasteiger partial charge in [0.2, 0.25) is 0 Å². The van der Waals surface area contributed by atoms with Crippen LogP contribution in [0.3, 0.4) is 0 Å². The standard InChI is InChI=1S/C7H13O2S/c1-2-3-4-5-6-9-10-7-8/h2-6H2,1H3. The van der Waals surface area contributed by atoms with Gasteiger partial charge in [0.1, 0.15) is 0 Å². The van der Waals surface area contributed by atoms with E-state index in [1.165, 1.54) is 19.3 Å². The minimum Gasteiger partial charge on any atom is -0.308 e. The molecule has 0 aromatic rings. The molecule has 0 aromatic carbocycles. The van der Waals surface area contributed by atoms with E-state index in [2.05, 4.69) is 6.92 Å². The van der Waals surface area contributed by atoms with Crippen molar-refractivity contribution in [2.45, 2.75) is 32.6 Å². The summed E-state index contributed by atoms with van der Waals surface area (Å²) in [4.78, 5) is 9.61. The molecule has 0 saturated carbocycles. The van der Waals surface area contributed by atoms with Gasteiger partial charge >= 0.3 is 0 Å². The molecular weight excluding hydrogens is 148 g/mol. The lowest BCUT2D eigenvalue weighted by Gasteiger charge is -1.96. The number of carbonyl (C=O) groups excluding carboxylic acids is 1. The van der Waals surface area contributed by atoms with Crippen molar-refractivity contribution in [3.05, 3.63) is 0 Å². The van der Waals surface area contributed by atoms with Crippen molar-refractivity contribution in [2.75, 3.05) is 6.61 Å². The first-order chi connectivity index (χ1) is 4.91. The van der Waals surface area contributed by atoms with Crippen LogP contribution >= 0.6 is 12.0 Å². The van der Waals surface area contributed by atoms with Crippen LogP contribution < -0.4 is 0 Å². The molecule has 0 amide bonds. The van der Waals surface area contributed by atoms with E-state index in [1.54, 1.807) is 5.62 Å². The van der Waals surface area contributed by atoms with Crippen molar-refractivity contribution < 1.29 is 8.98 Å². The molecule has 0 spiro atoms. The molecular formula is C7H13O2S. The zero-order chi connectivity index (χ0) is 7.66. The predicted octanol–water partition coefficient (Wildman–Crippen LogP) is 2.30. The molecule has 0 heterocycles. The summed E-state index contributed by atoms with van der Waals surface area (Å²) in [6.45, 7) is 2.83. The monoisotopic (exact) mass is 161 g/mol. The van der Waals surface area contributed by atoms with Gasteiger partial charge in [-0.25, -0.2) is 0 Å². The molecule has 1 radical (unpaired) electrons. The molecule has 0 aliphatic rings. The van der Waals surface area contributed by atoms with Crippen molar-refractivity contribution in [3.63, 3.8) is 0 Å². The number of unbranched alkanes of at least 4 members (excludes halogenated alkanes) is 3. The maximum Gasteiger partial charge on any atom is 0.295 e. The summed E-state index contributed by atoms with van der Waals surface area (Å²) in [5.74, 6) is 0. The maximum absolute atomic E-state index is 9.61. The maximum atomic E-state index is 9.61. The quantitative estimate of drug-likeness (QED) is 0.423. The molecule has 0 saturated heterocycles. The highest BCUT2D eigenvalue weighted by molar-refractivity contribution is 8.07. The molecule has 0 bridgehead atoms. The number of hydrogen-bond acceptors (Lipinski definition) is 3. The number of hydrogen-bond donors (Lipinski definition) is 0. The minimum atomic E-state index is 0.667. The summed E-state index contributed by atoms with van der Waals surface area (Å²) >= 11 is 0.761.